The highest BCUT2D eigenvalue weighted by atomic mass is 14.9. The van der Waals surface area contributed by atoms with Crippen molar-refractivity contribution in [3.63, 3.8) is 0 Å². The maximum atomic E-state index is 5.79. The van der Waals surface area contributed by atoms with Gasteiger partial charge in [-0.2, -0.15) is 0 Å². The number of aryl methyl sites for hydroxylation is 2. The van der Waals surface area contributed by atoms with Crippen molar-refractivity contribution in [1.82, 2.24) is 15.0 Å². The van der Waals surface area contributed by atoms with Crippen molar-refractivity contribution in [1.29, 1.82) is 0 Å². The van der Waals surface area contributed by atoms with Crippen LogP contribution in [0.5, 0.6) is 0 Å². The number of pyridine rings is 1. The van der Waals surface area contributed by atoms with Crippen LogP contribution in [-0.2, 0) is 0 Å². The first kappa shape index (κ1) is 9.58. The number of nitrogen functional groups attached to an aromatic ring is 1. The number of nitrogens with zero attached hydrogens (tertiary/aromatic N) is 3. The van der Waals surface area contributed by atoms with Gasteiger partial charge in [0.1, 0.15) is 11.6 Å². The fraction of sp³-hybridized carbons (Fsp3) is 0.182. The molecule has 76 valence electrons. The standard InChI is InChI=1S/C11H12N4/c1-7-10(6-14-8(2)15-7)9-4-3-5-13-11(9)12/h3-6H,1-2H3,(H2,12,13). The van der Waals surface area contributed by atoms with Crippen LogP contribution in [0.25, 0.3) is 11.1 Å². The molecule has 0 fully saturated rings. The largest absolute Gasteiger partial charge is 0.383 e. The number of anilines is 1. The summed E-state index contributed by atoms with van der Waals surface area (Å²) in [5.74, 6) is 1.27. The van der Waals surface area contributed by atoms with Crippen LogP contribution >= 0.6 is 0 Å². The van der Waals surface area contributed by atoms with Crippen LogP contribution in [0.1, 0.15) is 11.5 Å². The molecule has 2 aromatic heterocycles. The van der Waals surface area contributed by atoms with Gasteiger partial charge in [-0.1, -0.05) is 0 Å². The summed E-state index contributed by atoms with van der Waals surface area (Å²) in [6, 6.07) is 3.77. The zero-order valence-corrected chi connectivity index (χ0v) is 8.73. The van der Waals surface area contributed by atoms with Gasteiger partial charge >= 0.3 is 0 Å². The molecule has 4 nitrogen and oxygen atoms in total. The van der Waals surface area contributed by atoms with Crippen molar-refractivity contribution in [3.05, 3.63) is 36.0 Å². The highest BCUT2D eigenvalue weighted by Gasteiger charge is 2.07. The van der Waals surface area contributed by atoms with Crippen LogP contribution in [0, 0.1) is 13.8 Å². The van der Waals surface area contributed by atoms with Gasteiger partial charge in [-0.05, 0) is 26.0 Å². The monoisotopic (exact) mass is 200 g/mol. The van der Waals surface area contributed by atoms with E-state index >= 15 is 0 Å². The van der Waals surface area contributed by atoms with Crippen LogP contribution in [0.3, 0.4) is 0 Å². The van der Waals surface area contributed by atoms with Gasteiger partial charge < -0.3 is 5.73 Å². The molecule has 0 atom stereocenters. The molecule has 0 saturated carbocycles. The lowest BCUT2D eigenvalue weighted by Gasteiger charge is -2.06. The van der Waals surface area contributed by atoms with Crippen molar-refractivity contribution < 1.29 is 0 Å². The van der Waals surface area contributed by atoms with E-state index in [4.69, 9.17) is 5.73 Å². The first-order valence-electron chi connectivity index (χ1n) is 4.69. The average Bonchev–Trinajstić information content (AvgIpc) is 2.20. The fourth-order valence-corrected chi connectivity index (χ4v) is 1.49. The van der Waals surface area contributed by atoms with E-state index in [1.54, 1.807) is 12.4 Å². The highest BCUT2D eigenvalue weighted by Crippen LogP contribution is 2.24. The van der Waals surface area contributed by atoms with Crippen molar-refractivity contribution in [2.45, 2.75) is 13.8 Å². The van der Waals surface area contributed by atoms with Crippen molar-refractivity contribution >= 4 is 5.82 Å². The van der Waals surface area contributed by atoms with Crippen LogP contribution in [0.2, 0.25) is 0 Å². The predicted octanol–water partition coefficient (Wildman–Crippen LogP) is 1.74. The Morgan fingerprint density at radius 1 is 1.13 bits per heavy atom. The number of aromatic nitrogens is 3. The third kappa shape index (κ3) is 1.79. The molecule has 0 aliphatic carbocycles. The molecule has 4 heteroatoms. The van der Waals surface area contributed by atoms with Gasteiger partial charge in [0.25, 0.3) is 0 Å². The average molecular weight is 200 g/mol. The SMILES string of the molecule is Cc1ncc(-c2cccnc2N)c(C)n1. The lowest BCUT2D eigenvalue weighted by Crippen LogP contribution is -1.98. The first-order valence-corrected chi connectivity index (χ1v) is 4.69. The van der Waals surface area contributed by atoms with Gasteiger partial charge in [0.15, 0.2) is 0 Å². The summed E-state index contributed by atoms with van der Waals surface area (Å²) in [5.41, 5.74) is 8.53. The van der Waals surface area contributed by atoms with E-state index in [9.17, 15) is 0 Å². The summed E-state index contributed by atoms with van der Waals surface area (Å²) >= 11 is 0. The Hall–Kier alpha value is -1.97. The number of nitrogens with two attached hydrogens (primary N) is 1. The van der Waals surface area contributed by atoms with E-state index in [-0.39, 0.29) is 0 Å². The third-order valence-electron chi connectivity index (χ3n) is 2.23. The molecule has 0 bridgehead atoms. The van der Waals surface area contributed by atoms with E-state index in [2.05, 4.69) is 15.0 Å². The van der Waals surface area contributed by atoms with Gasteiger partial charge in [-0.15, -0.1) is 0 Å². The molecule has 15 heavy (non-hydrogen) atoms. The lowest BCUT2D eigenvalue weighted by atomic mass is 10.1. The van der Waals surface area contributed by atoms with Crippen molar-refractivity contribution in [2.75, 3.05) is 5.73 Å². The molecular weight excluding hydrogens is 188 g/mol. The second-order valence-electron chi connectivity index (χ2n) is 3.35. The lowest BCUT2D eigenvalue weighted by molar-refractivity contribution is 1.01. The van der Waals surface area contributed by atoms with Crippen molar-refractivity contribution in [2.24, 2.45) is 0 Å². The number of rotatable bonds is 1. The minimum absolute atomic E-state index is 0.507. The summed E-state index contributed by atoms with van der Waals surface area (Å²) < 4.78 is 0. The second kappa shape index (κ2) is 3.65. The van der Waals surface area contributed by atoms with E-state index in [1.807, 2.05) is 26.0 Å². The summed E-state index contributed by atoms with van der Waals surface area (Å²) in [4.78, 5) is 12.5. The first-order chi connectivity index (χ1) is 7.18. The highest BCUT2D eigenvalue weighted by molar-refractivity contribution is 5.74. The van der Waals surface area contributed by atoms with E-state index in [1.165, 1.54) is 0 Å². The van der Waals surface area contributed by atoms with Crippen LogP contribution in [0.4, 0.5) is 5.82 Å². The van der Waals surface area contributed by atoms with Gasteiger partial charge in [0.05, 0.1) is 0 Å². The predicted molar refractivity (Wildman–Crippen MR) is 59.1 cm³/mol. The Morgan fingerprint density at radius 3 is 2.60 bits per heavy atom. The molecule has 0 radical (unpaired) electrons. The smallest absolute Gasteiger partial charge is 0.131 e. The topological polar surface area (TPSA) is 64.7 Å². The van der Waals surface area contributed by atoms with Gasteiger partial charge in [0, 0.05) is 29.2 Å². The molecule has 0 aliphatic heterocycles. The molecule has 2 N–H and O–H groups in total. The second-order valence-corrected chi connectivity index (χ2v) is 3.35. The zero-order valence-electron chi connectivity index (χ0n) is 8.73. The molecule has 0 saturated heterocycles. The molecule has 0 aromatic carbocycles. The summed E-state index contributed by atoms with van der Waals surface area (Å²) in [6.45, 7) is 3.81. The van der Waals surface area contributed by atoms with E-state index in [0.717, 1.165) is 22.6 Å². The van der Waals surface area contributed by atoms with Crippen LogP contribution in [-0.4, -0.2) is 15.0 Å². The summed E-state index contributed by atoms with van der Waals surface area (Å²) in [6.07, 6.45) is 3.45. The Labute approximate surface area is 88.2 Å². The molecule has 2 heterocycles. The van der Waals surface area contributed by atoms with Crippen LogP contribution in [0.15, 0.2) is 24.5 Å². The van der Waals surface area contributed by atoms with E-state index in [0.29, 0.717) is 5.82 Å². The fourth-order valence-electron chi connectivity index (χ4n) is 1.49. The Bertz CT molecular complexity index is 494. The Balaban J connectivity index is 2.60. The van der Waals surface area contributed by atoms with E-state index < -0.39 is 0 Å². The quantitative estimate of drug-likeness (QED) is 0.761. The normalized spacial score (nSPS) is 10.3. The van der Waals surface area contributed by atoms with Crippen LogP contribution < -0.4 is 5.73 Å². The molecule has 0 unspecified atom stereocenters. The minimum Gasteiger partial charge on any atom is -0.383 e. The maximum absolute atomic E-state index is 5.79. The summed E-state index contributed by atoms with van der Waals surface area (Å²) in [7, 11) is 0. The zero-order chi connectivity index (χ0) is 10.8. The number of hydrogen-bond donors (Lipinski definition) is 1. The molecular formula is C11H12N4. The van der Waals surface area contributed by atoms with Gasteiger partial charge in [0.2, 0.25) is 0 Å². The third-order valence-corrected chi connectivity index (χ3v) is 2.23. The number of hydrogen-bond acceptors (Lipinski definition) is 4. The summed E-state index contributed by atoms with van der Waals surface area (Å²) in [5, 5.41) is 0. The van der Waals surface area contributed by atoms with Gasteiger partial charge in [-0.25, -0.2) is 15.0 Å². The molecule has 2 aromatic rings. The maximum Gasteiger partial charge on any atom is 0.131 e. The molecule has 0 amide bonds. The van der Waals surface area contributed by atoms with Gasteiger partial charge in [-0.3, -0.25) is 0 Å². The molecule has 0 spiro atoms. The Morgan fingerprint density at radius 2 is 1.93 bits per heavy atom. The molecule has 0 aliphatic rings. The Kier molecular flexibility index (Phi) is 2.33. The molecule has 2 rings (SSSR count). The minimum atomic E-state index is 0.507. The van der Waals surface area contributed by atoms with Crippen molar-refractivity contribution in [3.8, 4) is 11.1 Å².